The number of nitrogens with zero attached hydrogens (tertiary/aromatic N) is 3. The fraction of sp³-hybridized carbons (Fsp3) is 0.368. The van der Waals surface area contributed by atoms with Gasteiger partial charge in [-0.2, -0.15) is 0 Å². The third-order valence-electron chi connectivity index (χ3n) is 3.84. The smallest absolute Gasteiger partial charge is 0.194 e. The van der Waals surface area contributed by atoms with Crippen LogP contribution in [0, 0.1) is 13.8 Å². The number of ether oxygens (including phenoxy) is 1. The molecule has 5 nitrogen and oxygen atoms in total. The van der Waals surface area contributed by atoms with Crippen LogP contribution in [-0.2, 0) is 13.1 Å². The van der Waals surface area contributed by atoms with Gasteiger partial charge in [0.1, 0.15) is 5.75 Å². The van der Waals surface area contributed by atoms with Gasteiger partial charge in [0.25, 0.3) is 0 Å². The van der Waals surface area contributed by atoms with Crippen LogP contribution in [0.3, 0.4) is 0 Å². The van der Waals surface area contributed by atoms with E-state index < -0.39 is 0 Å². The van der Waals surface area contributed by atoms with Crippen molar-refractivity contribution in [3.63, 3.8) is 0 Å². The van der Waals surface area contributed by atoms with E-state index in [1.807, 2.05) is 57.2 Å². The minimum atomic E-state index is 0. The third-order valence-corrected chi connectivity index (χ3v) is 3.84. The van der Waals surface area contributed by atoms with Gasteiger partial charge in [-0.15, -0.1) is 24.0 Å². The van der Waals surface area contributed by atoms with Crippen LogP contribution in [0.1, 0.15) is 22.4 Å². The molecule has 1 aromatic carbocycles. The highest BCUT2D eigenvalue weighted by atomic mass is 127. The predicted octanol–water partition coefficient (Wildman–Crippen LogP) is 3.53. The van der Waals surface area contributed by atoms with E-state index in [0.29, 0.717) is 13.1 Å². The van der Waals surface area contributed by atoms with Gasteiger partial charge in [0.2, 0.25) is 0 Å². The van der Waals surface area contributed by atoms with Gasteiger partial charge in [0, 0.05) is 31.4 Å². The topological polar surface area (TPSA) is 49.8 Å². The number of guanidine groups is 1. The Morgan fingerprint density at radius 1 is 1.20 bits per heavy atom. The minimum Gasteiger partial charge on any atom is -0.496 e. The number of aromatic nitrogens is 1. The first kappa shape index (κ1) is 21.2. The SMILES string of the molecule is COc1c(C)cnc(CNC(=NCc2ccccc2)N(C)C)c1C.I. The first-order chi connectivity index (χ1) is 11.5. The second-order valence-corrected chi connectivity index (χ2v) is 5.92. The number of benzene rings is 1. The molecule has 6 heteroatoms. The van der Waals surface area contributed by atoms with Crippen molar-refractivity contribution >= 4 is 29.9 Å². The number of pyridine rings is 1. The van der Waals surface area contributed by atoms with Gasteiger partial charge < -0.3 is 15.0 Å². The summed E-state index contributed by atoms with van der Waals surface area (Å²) in [7, 11) is 5.65. The monoisotopic (exact) mass is 454 g/mol. The summed E-state index contributed by atoms with van der Waals surface area (Å²) in [5.74, 6) is 1.73. The number of halogens is 1. The highest BCUT2D eigenvalue weighted by Gasteiger charge is 2.10. The fourth-order valence-electron chi connectivity index (χ4n) is 2.52. The Labute approximate surface area is 167 Å². The second kappa shape index (κ2) is 10.2. The molecule has 0 amide bonds. The van der Waals surface area contributed by atoms with Crippen LogP contribution in [0.5, 0.6) is 5.75 Å². The van der Waals surface area contributed by atoms with E-state index in [4.69, 9.17) is 4.74 Å². The van der Waals surface area contributed by atoms with E-state index >= 15 is 0 Å². The van der Waals surface area contributed by atoms with E-state index in [9.17, 15) is 0 Å². The molecule has 0 bridgehead atoms. The number of hydrogen-bond donors (Lipinski definition) is 1. The van der Waals surface area contributed by atoms with Crippen molar-refractivity contribution in [1.29, 1.82) is 0 Å². The lowest BCUT2D eigenvalue weighted by atomic mass is 10.1. The molecule has 0 fully saturated rings. The Balaban J connectivity index is 0.00000312. The van der Waals surface area contributed by atoms with Gasteiger partial charge >= 0.3 is 0 Å². The van der Waals surface area contributed by atoms with Gasteiger partial charge in [-0.1, -0.05) is 30.3 Å². The van der Waals surface area contributed by atoms with E-state index in [-0.39, 0.29) is 24.0 Å². The van der Waals surface area contributed by atoms with Gasteiger partial charge in [-0.3, -0.25) is 4.98 Å². The normalized spacial score (nSPS) is 10.8. The zero-order valence-corrected chi connectivity index (χ0v) is 17.9. The maximum Gasteiger partial charge on any atom is 0.194 e. The van der Waals surface area contributed by atoms with Crippen LogP contribution >= 0.6 is 24.0 Å². The van der Waals surface area contributed by atoms with E-state index in [2.05, 4.69) is 27.4 Å². The Bertz CT molecular complexity index is 702. The van der Waals surface area contributed by atoms with Crippen LogP contribution in [-0.4, -0.2) is 37.0 Å². The average molecular weight is 454 g/mol. The number of aliphatic imine (C=N–C) groups is 1. The molecule has 0 saturated heterocycles. The molecule has 25 heavy (non-hydrogen) atoms. The molecule has 0 aliphatic heterocycles. The van der Waals surface area contributed by atoms with E-state index in [0.717, 1.165) is 28.5 Å². The Morgan fingerprint density at radius 2 is 1.88 bits per heavy atom. The summed E-state index contributed by atoms with van der Waals surface area (Å²) in [6.07, 6.45) is 1.85. The second-order valence-electron chi connectivity index (χ2n) is 5.92. The summed E-state index contributed by atoms with van der Waals surface area (Å²) in [6.45, 7) is 5.29. The molecule has 0 unspecified atom stereocenters. The molecule has 0 radical (unpaired) electrons. The zero-order chi connectivity index (χ0) is 17.5. The summed E-state index contributed by atoms with van der Waals surface area (Å²) in [5.41, 5.74) is 4.26. The molecular formula is C19H27IN4O. The molecule has 1 heterocycles. The Morgan fingerprint density at radius 3 is 2.48 bits per heavy atom. The molecule has 2 aromatic rings. The number of hydrogen-bond acceptors (Lipinski definition) is 3. The molecule has 136 valence electrons. The van der Waals surface area contributed by atoms with Crippen LogP contribution in [0.4, 0.5) is 0 Å². The van der Waals surface area contributed by atoms with Crippen molar-refractivity contribution in [2.75, 3.05) is 21.2 Å². The molecule has 1 N–H and O–H groups in total. The largest absolute Gasteiger partial charge is 0.496 e. The molecule has 0 spiro atoms. The molecule has 0 atom stereocenters. The van der Waals surface area contributed by atoms with Crippen molar-refractivity contribution in [2.45, 2.75) is 26.9 Å². The van der Waals surface area contributed by atoms with Crippen molar-refractivity contribution in [2.24, 2.45) is 4.99 Å². The number of nitrogens with one attached hydrogen (secondary N) is 1. The van der Waals surface area contributed by atoms with Crippen LogP contribution in [0.15, 0.2) is 41.5 Å². The molecule has 0 aliphatic carbocycles. The highest BCUT2D eigenvalue weighted by molar-refractivity contribution is 14.0. The summed E-state index contributed by atoms with van der Waals surface area (Å²) < 4.78 is 5.47. The number of methoxy groups -OCH3 is 1. The lowest BCUT2D eigenvalue weighted by molar-refractivity contribution is 0.406. The lowest BCUT2D eigenvalue weighted by Gasteiger charge is -2.19. The van der Waals surface area contributed by atoms with Crippen molar-refractivity contribution in [3.05, 3.63) is 58.9 Å². The lowest BCUT2D eigenvalue weighted by Crippen LogP contribution is -2.36. The van der Waals surface area contributed by atoms with Crippen LogP contribution < -0.4 is 10.1 Å². The highest BCUT2D eigenvalue weighted by Crippen LogP contribution is 2.23. The number of rotatable bonds is 5. The van der Waals surface area contributed by atoms with Crippen LogP contribution in [0.2, 0.25) is 0 Å². The predicted molar refractivity (Wildman–Crippen MR) is 114 cm³/mol. The zero-order valence-electron chi connectivity index (χ0n) is 15.5. The van der Waals surface area contributed by atoms with Gasteiger partial charge in [-0.05, 0) is 19.4 Å². The fourth-order valence-corrected chi connectivity index (χ4v) is 2.52. The van der Waals surface area contributed by atoms with Crippen molar-refractivity contribution in [3.8, 4) is 5.75 Å². The molecule has 1 aromatic heterocycles. The van der Waals surface area contributed by atoms with Crippen molar-refractivity contribution in [1.82, 2.24) is 15.2 Å². The summed E-state index contributed by atoms with van der Waals surface area (Å²) >= 11 is 0. The van der Waals surface area contributed by atoms with Crippen LogP contribution in [0.25, 0.3) is 0 Å². The van der Waals surface area contributed by atoms with Gasteiger partial charge in [0.15, 0.2) is 5.96 Å². The molecular weight excluding hydrogens is 427 g/mol. The molecule has 0 saturated carbocycles. The van der Waals surface area contributed by atoms with Gasteiger partial charge in [-0.25, -0.2) is 4.99 Å². The summed E-state index contributed by atoms with van der Waals surface area (Å²) in [6, 6.07) is 10.2. The minimum absolute atomic E-state index is 0. The Hall–Kier alpha value is -1.83. The maximum absolute atomic E-state index is 5.47. The molecule has 0 aliphatic rings. The quantitative estimate of drug-likeness (QED) is 0.427. The average Bonchev–Trinajstić information content (AvgIpc) is 2.57. The summed E-state index contributed by atoms with van der Waals surface area (Å²) in [5, 5.41) is 3.38. The summed E-state index contributed by atoms with van der Waals surface area (Å²) in [4.78, 5) is 11.2. The van der Waals surface area contributed by atoms with Crippen molar-refractivity contribution < 1.29 is 4.74 Å². The van der Waals surface area contributed by atoms with E-state index in [1.54, 1.807) is 7.11 Å². The third kappa shape index (κ3) is 5.88. The van der Waals surface area contributed by atoms with E-state index in [1.165, 1.54) is 5.56 Å². The number of aryl methyl sites for hydroxylation is 1. The standard InChI is InChI=1S/C19H26N4O.HI/c1-14-11-20-17(15(2)18(14)24-5)13-22-19(23(3)4)21-12-16-9-7-6-8-10-16;/h6-11H,12-13H2,1-5H3,(H,21,22);1H. The Kier molecular flexibility index (Phi) is 8.68. The molecule has 2 rings (SSSR count). The first-order valence-electron chi connectivity index (χ1n) is 8.01. The first-order valence-corrected chi connectivity index (χ1v) is 8.01. The maximum atomic E-state index is 5.47. The van der Waals surface area contributed by atoms with Gasteiger partial charge in [0.05, 0.1) is 25.9 Å².